The maximum Gasteiger partial charge on any atom is 0.245 e. The number of methoxy groups -OCH3 is 2. The Hall–Kier alpha value is -2.76. The highest BCUT2D eigenvalue weighted by atomic mass is 16.5. The summed E-state index contributed by atoms with van der Waals surface area (Å²) < 4.78 is 12.4. The van der Waals surface area contributed by atoms with E-state index in [9.17, 15) is 4.79 Å². The number of hydrazone groups is 1. The lowest BCUT2D eigenvalue weighted by atomic mass is 10.2. The van der Waals surface area contributed by atoms with Gasteiger partial charge in [0.15, 0.2) is 11.5 Å². The first-order valence-corrected chi connectivity index (χ1v) is 6.78. The number of carbonyl (C=O) groups excluding carboxylic acids is 1. The normalized spacial score (nSPS) is 10.7. The molecule has 0 aliphatic carbocycles. The number of amides is 1. The second kappa shape index (κ2) is 7.31. The molecule has 0 bridgehead atoms. The van der Waals surface area contributed by atoms with Gasteiger partial charge in [0, 0.05) is 24.5 Å². The average molecular weight is 301 g/mol. The lowest BCUT2D eigenvalue weighted by molar-refractivity contribution is -0.120. The zero-order chi connectivity index (χ0) is 15.9. The predicted octanol–water partition coefficient (Wildman–Crippen LogP) is 1.74. The topological polar surface area (TPSA) is 64.8 Å². The van der Waals surface area contributed by atoms with E-state index in [0.29, 0.717) is 11.5 Å². The summed E-state index contributed by atoms with van der Waals surface area (Å²) in [5.41, 5.74) is 4.15. The number of ether oxygens (including phenoxy) is 2. The van der Waals surface area contributed by atoms with Gasteiger partial charge in [-0.3, -0.25) is 4.79 Å². The minimum atomic E-state index is -0.181. The van der Waals surface area contributed by atoms with E-state index in [4.69, 9.17) is 9.47 Å². The molecule has 2 aromatic rings. The fourth-order valence-corrected chi connectivity index (χ4v) is 2.07. The van der Waals surface area contributed by atoms with E-state index in [-0.39, 0.29) is 12.3 Å². The monoisotopic (exact) mass is 301 g/mol. The van der Waals surface area contributed by atoms with Gasteiger partial charge in [0.1, 0.15) is 0 Å². The second-order valence-electron chi connectivity index (χ2n) is 4.66. The van der Waals surface area contributed by atoms with Crippen molar-refractivity contribution in [2.45, 2.75) is 6.42 Å². The maximum absolute atomic E-state index is 11.8. The fourth-order valence-electron chi connectivity index (χ4n) is 2.07. The molecule has 0 aliphatic rings. The first-order chi connectivity index (χ1) is 10.7. The minimum Gasteiger partial charge on any atom is -0.493 e. The Morgan fingerprint density at radius 2 is 2.09 bits per heavy atom. The molecule has 0 unspecified atom stereocenters. The van der Waals surface area contributed by atoms with Crippen LogP contribution in [0.1, 0.15) is 11.3 Å². The fraction of sp³-hybridized carbons (Fsp3) is 0.250. The van der Waals surface area contributed by atoms with Crippen LogP contribution in [0.25, 0.3) is 0 Å². The smallest absolute Gasteiger partial charge is 0.245 e. The number of nitrogens with zero attached hydrogens (tertiary/aromatic N) is 2. The van der Waals surface area contributed by atoms with Gasteiger partial charge in [0.2, 0.25) is 5.91 Å². The summed E-state index contributed by atoms with van der Waals surface area (Å²) in [5.74, 6) is 1.01. The van der Waals surface area contributed by atoms with Gasteiger partial charge in [-0.05, 0) is 24.3 Å². The van der Waals surface area contributed by atoms with Gasteiger partial charge in [0.25, 0.3) is 0 Å². The quantitative estimate of drug-likeness (QED) is 0.653. The Labute approximate surface area is 129 Å². The number of aromatic nitrogens is 1. The number of rotatable bonds is 6. The molecule has 1 N–H and O–H groups in total. The number of nitrogens with one attached hydrogen (secondary N) is 1. The second-order valence-corrected chi connectivity index (χ2v) is 4.66. The summed E-state index contributed by atoms with van der Waals surface area (Å²) in [6.45, 7) is 0. The van der Waals surface area contributed by atoms with Gasteiger partial charge in [-0.1, -0.05) is 6.07 Å². The Morgan fingerprint density at radius 3 is 2.73 bits per heavy atom. The zero-order valence-corrected chi connectivity index (χ0v) is 12.9. The van der Waals surface area contributed by atoms with Gasteiger partial charge in [0.05, 0.1) is 26.9 Å². The summed E-state index contributed by atoms with van der Waals surface area (Å²) in [7, 11) is 5.02. The van der Waals surface area contributed by atoms with Crippen molar-refractivity contribution in [1.82, 2.24) is 9.99 Å². The molecule has 0 spiro atoms. The van der Waals surface area contributed by atoms with Crippen molar-refractivity contribution < 1.29 is 14.3 Å². The van der Waals surface area contributed by atoms with Crippen LogP contribution in [0.2, 0.25) is 0 Å². The highest BCUT2D eigenvalue weighted by Crippen LogP contribution is 2.29. The van der Waals surface area contributed by atoms with E-state index in [1.807, 2.05) is 42.1 Å². The Kier molecular flexibility index (Phi) is 5.19. The molecule has 6 nitrogen and oxygen atoms in total. The van der Waals surface area contributed by atoms with E-state index >= 15 is 0 Å². The van der Waals surface area contributed by atoms with Gasteiger partial charge in [-0.15, -0.1) is 0 Å². The first kappa shape index (κ1) is 15.6. The van der Waals surface area contributed by atoms with Gasteiger partial charge in [-0.2, -0.15) is 5.10 Å². The van der Waals surface area contributed by atoms with Crippen LogP contribution in [0.15, 0.2) is 41.6 Å². The molecule has 0 saturated heterocycles. The molecule has 0 fully saturated rings. The SMILES string of the molecule is COc1cccc(/C=N\NC(=O)Cc2cccn2C)c1OC. The van der Waals surface area contributed by atoms with Crippen molar-refractivity contribution in [1.29, 1.82) is 0 Å². The molecule has 1 heterocycles. The molecule has 0 atom stereocenters. The number of hydrogen-bond acceptors (Lipinski definition) is 4. The summed E-state index contributed by atoms with van der Waals surface area (Å²) in [5, 5.41) is 3.97. The van der Waals surface area contributed by atoms with Gasteiger partial charge >= 0.3 is 0 Å². The molecular weight excluding hydrogens is 282 g/mol. The number of hydrogen-bond donors (Lipinski definition) is 1. The molecule has 1 amide bonds. The summed E-state index contributed by atoms with van der Waals surface area (Å²) in [4.78, 5) is 11.8. The number of carbonyl (C=O) groups is 1. The van der Waals surface area contributed by atoms with Gasteiger partial charge < -0.3 is 14.0 Å². The summed E-state index contributed by atoms with van der Waals surface area (Å²) >= 11 is 0. The molecule has 1 aromatic heterocycles. The van der Waals surface area contributed by atoms with Crippen molar-refractivity contribution >= 4 is 12.1 Å². The Bertz CT molecular complexity index is 677. The number of benzene rings is 1. The van der Waals surface area contributed by atoms with Crippen LogP contribution in [0.5, 0.6) is 11.5 Å². The largest absolute Gasteiger partial charge is 0.493 e. The average Bonchev–Trinajstić information content (AvgIpc) is 2.92. The van der Waals surface area contributed by atoms with E-state index in [1.54, 1.807) is 20.3 Å². The first-order valence-electron chi connectivity index (χ1n) is 6.78. The standard InChI is InChI=1S/C16H19N3O3/c1-19-9-5-7-13(19)10-15(20)18-17-11-12-6-4-8-14(21-2)16(12)22-3/h4-9,11H,10H2,1-3H3,(H,18,20)/b17-11-. The third-order valence-electron chi connectivity index (χ3n) is 3.22. The van der Waals surface area contributed by atoms with Crippen LogP contribution >= 0.6 is 0 Å². The van der Waals surface area contributed by atoms with Crippen LogP contribution in [0.4, 0.5) is 0 Å². The highest BCUT2D eigenvalue weighted by Gasteiger charge is 2.08. The molecule has 6 heteroatoms. The summed E-state index contributed by atoms with van der Waals surface area (Å²) in [6.07, 6.45) is 3.70. The minimum absolute atomic E-state index is 0.181. The van der Waals surface area contributed by atoms with Crippen LogP contribution in [-0.4, -0.2) is 30.9 Å². The molecule has 0 radical (unpaired) electrons. The maximum atomic E-state index is 11.8. The molecule has 116 valence electrons. The van der Waals surface area contributed by atoms with Gasteiger partial charge in [-0.25, -0.2) is 5.43 Å². The zero-order valence-electron chi connectivity index (χ0n) is 12.9. The third kappa shape index (κ3) is 3.66. The lowest BCUT2D eigenvalue weighted by Gasteiger charge is -2.09. The molecule has 2 rings (SSSR count). The molecular formula is C16H19N3O3. The van der Waals surface area contributed by atoms with E-state index < -0.39 is 0 Å². The van der Waals surface area contributed by atoms with E-state index in [1.165, 1.54) is 6.21 Å². The lowest BCUT2D eigenvalue weighted by Crippen LogP contribution is -2.20. The molecule has 1 aromatic carbocycles. The highest BCUT2D eigenvalue weighted by molar-refractivity contribution is 5.86. The third-order valence-corrected chi connectivity index (χ3v) is 3.22. The summed E-state index contributed by atoms with van der Waals surface area (Å²) in [6, 6.07) is 9.24. The molecule has 0 aliphatic heterocycles. The van der Waals surface area contributed by atoms with Crippen LogP contribution in [-0.2, 0) is 18.3 Å². The van der Waals surface area contributed by atoms with Crippen molar-refractivity contribution in [3.05, 3.63) is 47.8 Å². The van der Waals surface area contributed by atoms with Crippen LogP contribution in [0, 0.1) is 0 Å². The van der Waals surface area contributed by atoms with Crippen molar-refractivity contribution in [3.8, 4) is 11.5 Å². The van der Waals surface area contributed by atoms with Crippen molar-refractivity contribution in [2.24, 2.45) is 12.1 Å². The Balaban J connectivity index is 2.01. The Morgan fingerprint density at radius 1 is 1.27 bits per heavy atom. The van der Waals surface area contributed by atoms with Crippen LogP contribution < -0.4 is 14.9 Å². The molecule has 0 saturated carbocycles. The van der Waals surface area contributed by atoms with E-state index in [2.05, 4.69) is 10.5 Å². The van der Waals surface area contributed by atoms with Crippen molar-refractivity contribution in [2.75, 3.05) is 14.2 Å². The number of para-hydroxylation sites is 1. The predicted molar refractivity (Wildman–Crippen MR) is 84.4 cm³/mol. The number of aryl methyl sites for hydroxylation is 1. The van der Waals surface area contributed by atoms with Crippen LogP contribution in [0.3, 0.4) is 0 Å². The molecule has 22 heavy (non-hydrogen) atoms. The van der Waals surface area contributed by atoms with E-state index in [0.717, 1.165) is 11.3 Å². The van der Waals surface area contributed by atoms with Crippen molar-refractivity contribution in [3.63, 3.8) is 0 Å².